The van der Waals surface area contributed by atoms with E-state index in [0.29, 0.717) is 17.2 Å². The Morgan fingerprint density at radius 1 is 1.19 bits per heavy atom. The van der Waals surface area contributed by atoms with Crippen LogP contribution in [0.25, 0.3) is 10.9 Å². The van der Waals surface area contributed by atoms with Gasteiger partial charge in [-0.3, -0.25) is 10.4 Å². The van der Waals surface area contributed by atoms with Gasteiger partial charge in [0.1, 0.15) is 11.6 Å². The lowest BCUT2D eigenvalue weighted by molar-refractivity contribution is 0.466. The molecule has 0 unspecified atom stereocenters. The van der Waals surface area contributed by atoms with E-state index in [0.717, 1.165) is 16.6 Å². The highest BCUT2D eigenvalue weighted by atomic mass is 16.5. The number of nitrogen functional groups attached to an aromatic ring is 1. The third-order valence-corrected chi connectivity index (χ3v) is 3.06. The van der Waals surface area contributed by atoms with Gasteiger partial charge in [-0.25, -0.2) is 4.98 Å². The molecule has 0 atom stereocenters. The van der Waals surface area contributed by atoms with Crippen LogP contribution in [0.15, 0.2) is 48.7 Å². The summed E-state index contributed by atoms with van der Waals surface area (Å²) in [5, 5.41) is 8.43. The van der Waals surface area contributed by atoms with Gasteiger partial charge in [-0.1, -0.05) is 6.07 Å². The smallest absolute Gasteiger partial charge is 0.220 e. The minimum absolute atomic E-state index is 0.00932. The third-order valence-electron chi connectivity index (χ3n) is 3.06. The van der Waals surface area contributed by atoms with E-state index in [1.165, 1.54) is 0 Å². The number of nitrogens with two attached hydrogens (primary N) is 1. The quantitative estimate of drug-likeness (QED) is 0.569. The zero-order valence-electron chi connectivity index (χ0n) is 11.5. The molecule has 5 nitrogen and oxygen atoms in total. The molecule has 0 radical (unpaired) electrons. The van der Waals surface area contributed by atoms with Gasteiger partial charge in [-0.05, 0) is 37.3 Å². The molecule has 3 N–H and O–H groups in total. The van der Waals surface area contributed by atoms with Crippen molar-refractivity contribution < 1.29 is 4.74 Å². The number of nitrogens with zero attached hydrogens (tertiary/aromatic N) is 2. The number of pyridine rings is 2. The van der Waals surface area contributed by atoms with Crippen molar-refractivity contribution in [2.45, 2.75) is 6.92 Å². The second kappa shape index (κ2) is 5.20. The predicted octanol–water partition coefficient (Wildman–Crippen LogP) is 3.01. The normalized spacial score (nSPS) is 10.5. The second-order valence-corrected chi connectivity index (χ2v) is 4.68. The van der Waals surface area contributed by atoms with E-state index < -0.39 is 0 Å². The molecule has 0 fully saturated rings. The Bertz CT molecular complexity index is 824. The van der Waals surface area contributed by atoms with Crippen LogP contribution in [0, 0.1) is 12.3 Å². The summed E-state index contributed by atoms with van der Waals surface area (Å²) >= 11 is 0. The Kier molecular flexibility index (Phi) is 3.23. The van der Waals surface area contributed by atoms with Gasteiger partial charge in [0.25, 0.3) is 0 Å². The number of fused-ring (bicyclic) bond motifs is 1. The molecular weight excluding hydrogens is 264 g/mol. The molecule has 3 rings (SSSR count). The van der Waals surface area contributed by atoms with Crippen LogP contribution < -0.4 is 10.5 Å². The van der Waals surface area contributed by atoms with E-state index in [1.54, 1.807) is 18.3 Å². The van der Waals surface area contributed by atoms with Crippen molar-refractivity contribution in [3.63, 3.8) is 0 Å². The zero-order chi connectivity index (χ0) is 14.8. The number of ether oxygens (including phenoxy) is 1. The standard InChI is InChI=1S/C16H14N4O/c1-10-8-11(16(17)18)9-15(20-10)21-14-6-2-5-13-12(14)4-3-7-19-13/h2-9H,1H3,(H3,17,18). The lowest BCUT2D eigenvalue weighted by Gasteiger charge is -2.09. The van der Waals surface area contributed by atoms with Gasteiger partial charge in [0, 0.05) is 28.9 Å². The molecule has 3 aromatic rings. The number of aromatic nitrogens is 2. The lowest BCUT2D eigenvalue weighted by Crippen LogP contribution is -2.11. The number of amidine groups is 1. The summed E-state index contributed by atoms with van der Waals surface area (Å²) in [5.41, 5.74) is 7.72. The summed E-state index contributed by atoms with van der Waals surface area (Å²) < 4.78 is 5.86. The first-order valence-electron chi connectivity index (χ1n) is 6.48. The molecule has 0 spiro atoms. The van der Waals surface area contributed by atoms with Gasteiger partial charge in [-0.2, -0.15) is 0 Å². The molecule has 0 amide bonds. The Morgan fingerprint density at radius 2 is 2.05 bits per heavy atom. The van der Waals surface area contributed by atoms with Crippen molar-refractivity contribution in [2.75, 3.05) is 0 Å². The maximum Gasteiger partial charge on any atom is 0.220 e. The monoisotopic (exact) mass is 278 g/mol. The highest BCUT2D eigenvalue weighted by Gasteiger charge is 2.07. The summed E-state index contributed by atoms with van der Waals surface area (Å²) in [5.74, 6) is 1.08. The SMILES string of the molecule is Cc1cc(C(=N)N)cc(Oc2cccc3ncccc23)n1. The number of hydrogen-bond acceptors (Lipinski definition) is 4. The maximum absolute atomic E-state index is 7.52. The summed E-state index contributed by atoms with van der Waals surface area (Å²) in [6.07, 6.45) is 1.74. The van der Waals surface area contributed by atoms with E-state index in [-0.39, 0.29) is 5.84 Å². The molecule has 0 saturated heterocycles. The molecule has 1 aromatic carbocycles. The Balaban J connectivity index is 2.05. The molecule has 5 heteroatoms. The summed E-state index contributed by atoms with van der Waals surface area (Å²) in [6.45, 7) is 1.84. The van der Waals surface area contributed by atoms with E-state index in [4.69, 9.17) is 15.9 Å². The zero-order valence-corrected chi connectivity index (χ0v) is 11.5. The highest BCUT2D eigenvalue weighted by molar-refractivity contribution is 5.95. The van der Waals surface area contributed by atoms with Crippen LogP contribution in [0.3, 0.4) is 0 Å². The fourth-order valence-electron chi connectivity index (χ4n) is 2.12. The molecule has 0 aliphatic rings. The van der Waals surface area contributed by atoms with Gasteiger partial charge < -0.3 is 10.5 Å². The van der Waals surface area contributed by atoms with Crippen molar-refractivity contribution in [1.29, 1.82) is 5.41 Å². The first kappa shape index (κ1) is 13.1. The summed E-state index contributed by atoms with van der Waals surface area (Å²) in [6, 6.07) is 12.9. The number of aryl methyl sites for hydroxylation is 1. The Hall–Kier alpha value is -2.95. The average Bonchev–Trinajstić information content (AvgIpc) is 2.47. The second-order valence-electron chi connectivity index (χ2n) is 4.68. The molecular formula is C16H14N4O. The van der Waals surface area contributed by atoms with Gasteiger partial charge in [0.15, 0.2) is 0 Å². The van der Waals surface area contributed by atoms with Crippen molar-refractivity contribution >= 4 is 16.7 Å². The van der Waals surface area contributed by atoms with Crippen LogP contribution in [0.4, 0.5) is 0 Å². The van der Waals surface area contributed by atoms with Crippen LogP contribution in [0.5, 0.6) is 11.6 Å². The van der Waals surface area contributed by atoms with Crippen LogP contribution in [0.1, 0.15) is 11.3 Å². The van der Waals surface area contributed by atoms with Crippen LogP contribution >= 0.6 is 0 Å². The third kappa shape index (κ3) is 2.67. The van der Waals surface area contributed by atoms with Crippen molar-refractivity contribution in [3.05, 3.63) is 59.9 Å². The average molecular weight is 278 g/mol. The number of nitrogens with one attached hydrogen (secondary N) is 1. The fourth-order valence-corrected chi connectivity index (χ4v) is 2.12. The van der Waals surface area contributed by atoms with Crippen molar-refractivity contribution in [1.82, 2.24) is 9.97 Å². The molecule has 2 heterocycles. The predicted molar refractivity (Wildman–Crippen MR) is 81.8 cm³/mol. The number of benzene rings is 1. The number of rotatable bonds is 3. The Labute approximate surface area is 121 Å². The summed E-state index contributed by atoms with van der Waals surface area (Å²) in [4.78, 5) is 8.62. The molecule has 0 bridgehead atoms. The largest absolute Gasteiger partial charge is 0.438 e. The minimum Gasteiger partial charge on any atom is -0.438 e. The van der Waals surface area contributed by atoms with Gasteiger partial charge in [0.2, 0.25) is 5.88 Å². The van der Waals surface area contributed by atoms with E-state index in [2.05, 4.69) is 9.97 Å². The topological polar surface area (TPSA) is 84.9 Å². The van der Waals surface area contributed by atoms with Crippen LogP contribution in [-0.2, 0) is 0 Å². The van der Waals surface area contributed by atoms with Gasteiger partial charge in [-0.15, -0.1) is 0 Å². The van der Waals surface area contributed by atoms with Crippen LogP contribution in [0.2, 0.25) is 0 Å². The molecule has 21 heavy (non-hydrogen) atoms. The van der Waals surface area contributed by atoms with Crippen LogP contribution in [-0.4, -0.2) is 15.8 Å². The lowest BCUT2D eigenvalue weighted by atomic mass is 10.2. The molecule has 0 aliphatic heterocycles. The highest BCUT2D eigenvalue weighted by Crippen LogP contribution is 2.28. The maximum atomic E-state index is 7.52. The van der Waals surface area contributed by atoms with E-state index in [1.807, 2.05) is 37.3 Å². The first-order valence-corrected chi connectivity index (χ1v) is 6.48. The van der Waals surface area contributed by atoms with Gasteiger partial charge in [0.05, 0.1) is 5.52 Å². The number of hydrogen-bond donors (Lipinski definition) is 2. The molecule has 2 aromatic heterocycles. The van der Waals surface area contributed by atoms with Gasteiger partial charge >= 0.3 is 0 Å². The molecule has 104 valence electrons. The molecule has 0 aliphatic carbocycles. The molecule has 0 saturated carbocycles. The summed E-state index contributed by atoms with van der Waals surface area (Å²) in [7, 11) is 0. The Morgan fingerprint density at radius 3 is 2.86 bits per heavy atom. The van der Waals surface area contributed by atoms with E-state index >= 15 is 0 Å². The minimum atomic E-state index is -0.00932. The van der Waals surface area contributed by atoms with E-state index in [9.17, 15) is 0 Å². The van der Waals surface area contributed by atoms with Crippen molar-refractivity contribution in [3.8, 4) is 11.6 Å². The van der Waals surface area contributed by atoms with Crippen molar-refractivity contribution in [2.24, 2.45) is 5.73 Å². The first-order chi connectivity index (χ1) is 10.1. The fraction of sp³-hybridized carbons (Fsp3) is 0.0625.